The smallest absolute Gasteiger partial charge is 0.325 e. The predicted molar refractivity (Wildman–Crippen MR) is 109 cm³/mol. The third kappa shape index (κ3) is 4.45. The van der Waals surface area contributed by atoms with E-state index < -0.39 is 11.6 Å². The molecule has 9 nitrogen and oxygen atoms in total. The van der Waals surface area contributed by atoms with Crippen molar-refractivity contribution in [3.05, 3.63) is 0 Å². The first-order chi connectivity index (χ1) is 14.4. The zero-order valence-corrected chi connectivity index (χ0v) is 17.8. The molecule has 2 N–H and O–H groups in total. The summed E-state index contributed by atoms with van der Waals surface area (Å²) in [5.41, 5.74) is -0.809. The van der Waals surface area contributed by atoms with Crippen molar-refractivity contribution in [2.24, 2.45) is 5.92 Å². The van der Waals surface area contributed by atoms with Crippen molar-refractivity contribution >= 4 is 23.8 Å². The first-order valence-corrected chi connectivity index (χ1v) is 11.3. The van der Waals surface area contributed by atoms with Crippen molar-refractivity contribution < 1.29 is 19.2 Å². The minimum Gasteiger partial charge on any atom is -0.352 e. The van der Waals surface area contributed by atoms with Crippen LogP contribution >= 0.6 is 0 Å². The molecule has 0 bridgehead atoms. The highest BCUT2D eigenvalue weighted by Gasteiger charge is 2.52. The van der Waals surface area contributed by atoms with E-state index in [1.807, 2.05) is 4.90 Å². The summed E-state index contributed by atoms with van der Waals surface area (Å²) in [5.74, 6) is 0.198. The summed E-state index contributed by atoms with van der Waals surface area (Å²) in [6.07, 6.45) is 6.40. The molecule has 0 aromatic heterocycles. The van der Waals surface area contributed by atoms with Crippen LogP contribution in [0.4, 0.5) is 4.79 Å². The van der Waals surface area contributed by atoms with Crippen molar-refractivity contribution in [1.82, 2.24) is 25.3 Å². The molecule has 0 aromatic rings. The summed E-state index contributed by atoms with van der Waals surface area (Å²) in [4.78, 5) is 55.0. The van der Waals surface area contributed by atoms with E-state index in [2.05, 4.69) is 17.6 Å². The molecule has 4 fully saturated rings. The number of nitrogens with one attached hydrogen (secondary N) is 2. The third-order valence-corrected chi connectivity index (χ3v) is 7.11. The molecular formula is C21H33N5O4. The van der Waals surface area contributed by atoms with Crippen LogP contribution in [0, 0.1) is 5.92 Å². The van der Waals surface area contributed by atoms with Gasteiger partial charge in [-0.25, -0.2) is 4.79 Å². The van der Waals surface area contributed by atoms with Gasteiger partial charge in [-0.3, -0.25) is 24.2 Å². The van der Waals surface area contributed by atoms with Crippen molar-refractivity contribution in [3.8, 4) is 0 Å². The number of nitrogens with zero attached hydrogens (tertiary/aromatic N) is 3. The molecule has 0 atom stereocenters. The molecule has 4 aliphatic rings. The fourth-order valence-electron chi connectivity index (χ4n) is 4.83. The average molecular weight is 420 g/mol. The molecule has 166 valence electrons. The molecular weight excluding hydrogens is 386 g/mol. The van der Waals surface area contributed by atoms with Gasteiger partial charge in [0, 0.05) is 32.2 Å². The number of imide groups is 1. The Hall–Kier alpha value is -2.16. The molecule has 0 unspecified atom stereocenters. The van der Waals surface area contributed by atoms with Crippen LogP contribution in [0.3, 0.4) is 0 Å². The van der Waals surface area contributed by atoms with Crippen molar-refractivity contribution in [1.29, 1.82) is 0 Å². The summed E-state index contributed by atoms with van der Waals surface area (Å²) in [7, 11) is 0. The number of rotatable bonds is 6. The summed E-state index contributed by atoms with van der Waals surface area (Å²) in [6.45, 7) is 4.55. The predicted octanol–water partition coefficient (Wildman–Crippen LogP) is 0.300. The Kier molecular flexibility index (Phi) is 5.99. The highest BCUT2D eigenvalue weighted by molar-refractivity contribution is 6.09. The van der Waals surface area contributed by atoms with Crippen LogP contribution in [-0.4, -0.2) is 89.3 Å². The highest BCUT2D eigenvalue weighted by atomic mass is 16.2. The van der Waals surface area contributed by atoms with Gasteiger partial charge in [-0.1, -0.05) is 13.3 Å². The van der Waals surface area contributed by atoms with Crippen LogP contribution < -0.4 is 10.6 Å². The van der Waals surface area contributed by atoms with Gasteiger partial charge in [0.05, 0.1) is 6.54 Å². The Morgan fingerprint density at radius 3 is 2.30 bits per heavy atom. The van der Waals surface area contributed by atoms with Gasteiger partial charge < -0.3 is 15.5 Å². The summed E-state index contributed by atoms with van der Waals surface area (Å²) in [6, 6.07) is -0.0940. The van der Waals surface area contributed by atoms with E-state index in [1.54, 1.807) is 4.90 Å². The zero-order chi connectivity index (χ0) is 21.3. The Balaban J connectivity index is 1.25. The van der Waals surface area contributed by atoms with Crippen LogP contribution in [-0.2, 0) is 14.4 Å². The Bertz CT molecular complexity index is 706. The minimum absolute atomic E-state index is 0.0414. The standard InChI is InChI=1S/C21H33N5O4/c1-2-15-5-7-21(8-6-15)19(29)26(20(30)23-21)14-18(28)25-11-9-24(10-12-25)13-17(27)22-16-3-4-16/h15-16H,2-14H2,1H3,(H,22,27)(H,23,30). The number of piperazine rings is 1. The highest BCUT2D eigenvalue weighted by Crippen LogP contribution is 2.37. The third-order valence-electron chi connectivity index (χ3n) is 7.11. The molecule has 4 rings (SSSR count). The van der Waals surface area contributed by atoms with Crippen molar-refractivity contribution in [3.63, 3.8) is 0 Å². The first-order valence-electron chi connectivity index (χ1n) is 11.3. The SMILES string of the molecule is CCC1CCC2(CC1)NC(=O)N(CC(=O)N1CCN(CC(=O)NC3CC3)CC1)C2=O. The van der Waals surface area contributed by atoms with Gasteiger partial charge >= 0.3 is 6.03 Å². The molecule has 30 heavy (non-hydrogen) atoms. The van der Waals surface area contributed by atoms with Crippen LogP contribution in [0.5, 0.6) is 0 Å². The fraction of sp³-hybridized carbons (Fsp3) is 0.810. The lowest BCUT2D eigenvalue weighted by Gasteiger charge is -2.35. The van der Waals surface area contributed by atoms with Gasteiger partial charge in [0.25, 0.3) is 5.91 Å². The number of carbonyl (C=O) groups excluding carboxylic acids is 4. The second-order valence-corrected chi connectivity index (χ2v) is 9.25. The molecule has 2 saturated heterocycles. The maximum absolute atomic E-state index is 13.0. The zero-order valence-electron chi connectivity index (χ0n) is 17.8. The van der Waals surface area contributed by atoms with Gasteiger partial charge in [-0.2, -0.15) is 0 Å². The average Bonchev–Trinajstić information content (AvgIpc) is 3.52. The maximum atomic E-state index is 13.0. The van der Waals surface area contributed by atoms with Gasteiger partial charge in [0.2, 0.25) is 11.8 Å². The molecule has 9 heteroatoms. The van der Waals surface area contributed by atoms with Crippen molar-refractivity contribution in [2.75, 3.05) is 39.3 Å². The van der Waals surface area contributed by atoms with Gasteiger partial charge in [-0.05, 0) is 44.4 Å². The Morgan fingerprint density at radius 2 is 1.70 bits per heavy atom. The van der Waals surface area contributed by atoms with E-state index in [1.165, 1.54) is 0 Å². The van der Waals surface area contributed by atoms with Gasteiger partial charge in [0.15, 0.2) is 0 Å². The van der Waals surface area contributed by atoms with Crippen LogP contribution in [0.25, 0.3) is 0 Å². The maximum Gasteiger partial charge on any atom is 0.325 e. The molecule has 2 aliphatic heterocycles. The first kappa shape index (κ1) is 21.1. The van der Waals surface area contributed by atoms with E-state index in [-0.39, 0.29) is 24.3 Å². The normalized spacial score (nSPS) is 30.0. The monoisotopic (exact) mass is 419 g/mol. The molecule has 1 spiro atoms. The molecule has 2 saturated carbocycles. The van der Waals surface area contributed by atoms with Crippen LogP contribution in [0.15, 0.2) is 0 Å². The lowest BCUT2D eigenvalue weighted by molar-refractivity contribution is -0.140. The van der Waals surface area contributed by atoms with Gasteiger partial charge in [-0.15, -0.1) is 0 Å². The summed E-state index contributed by atoms with van der Waals surface area (Å²) < 4.78 is 0. The number of urea groups is 1. The van der Waals surface area contributed by atoms with Crippen LogP contribution in [0.1, 0.15) is 51.9 Å². The number of amides is 5. The van der Waals surface area contributed by atoms with Crippen LogP contribution in [0.2, 0.25) is 0 Å². The molecule has 0 radical (unpaired) electrons. The van der Waals surface area contributed by atoms with E-state index in [0.717, 1.165) is 37.0 Å². The molecule has 2 aliphatic carbocycles. The van der Waals surface area contributed by atoms with E-state index in [9.17, 15) is 19.2 Å². The minimum atomic E-state index is -0.809. The largest absolute Gasteiger partial charge is 0.352 e. The second kappa shape index (κ2) is 8.53. The van der Waals surface area contributed by atoms with Gasteiger partial charge in [0.1, 0.15) is 12.1 Å². The number of hydrogen-bond acceptors (Lipinski definition) is 5. The lowest BCUT2D eigenvalue weighted by Crippen LogP contribution is -2.54. The van der Waals surface area contributed by atoms with E-state index in [0.29, 0.717) is 57.5 Å². The quantitative estimate of drug-likeness (QED) is 0.603. The number of carbonyl (C=O) groups is 4. The summed E-state index contributed by atoms with van der Waals surface area (Å²) in [5, 5.41) is 5.86. The van der Waals surface area contributed by atoms with Crippen molar-refractivity contribution in [2.45, 2.75) is 63.5 Å². The Labute approximate surface area is 177 Å². The number of hydrogen-bond donors (Lipinski definition) is 2. The topological polar surface area (TPSA) is 102 Å². The van der Waals surface area contributed by atoms with E-state index >= 15 is 0 Å². The molecule has 2 heterocycles. The lowest BCUT2D eigenvalue weighted by atomic mass is 9.75. The molecule has 5 amide bonds. The fourth-order valence-corrected chi connectivity index (χ4v) is 4.83. The van der Waals surface area contributed by atoms with E-state index in [4.69, 9.17) is 0 Å². The molecule has 0 aromatic carbocycles. The second-order valence-electron chi connectivity index (χ2n) is 9.25. The Morgan fingerprint density at radius 1 is 1.03 bits per heavy atom. The summed E-state index contributed by atoms with van der Waals surface area (Å²) >= 11 is 0.